The van der Waals surface area contributed by atoms with Crippen LogP contribution >= 0.6 is 0 Å². The fraction of sp³-hybridized carbons (Fsp3) is 0.857. The predicted octanol–water partition coefficient (Wildman–Crippen LogP) is 0.941. The van der Waals surface area contributed by atoms with Crippen LogP contribution in [0.3, 0.4) is 0 Å². The smallest absolute Gasteiger partial charge is 0.305 e. The van der Waals surface area contributed by atoms with Crippen LogP contribution < -0.4 is 5.73 Å². The van der Waals surface area contributed by atoms with Gasteiger partial charge in [0.25, 0.3) is 0 Å². The fourth-order valence-electron chi connectivity index (χ4n) is 1.49. The van der Waals surface area contributed by atoms with E-state index in [4.69, 9.17) is 5.73 Å². The molecule has 2 N–H and O–H groups in total. The summed E-state index contributed by atoms with van der Waals surface area (Å²) in [7, 11) is 0. The molecule has 1 aliphatic rings. The Morgan fingerprint density at radius 2 is 1.82 bits per heavy atom. The number of nitroso groups, excluding NO2 is 1. The first-order valence-corrected chi connectivity index (χ1v) is 3.86. The number of carbonyl (C=O) groups excluding carboxylic acids is 1. The van der Waals surface area contributed by atoms with Crippen molar-refractivity contribution in [2.24, 2.45) is 10.9 Å². The highest BCUT2D eigenvalue weighted by Gasteiger charge is 2.35. The Balaban J connectivity index is 2.63. The van der Waals surface area contributed by atoms with Gasteiger partial charge in [0.2, 0.25) is 0 Å². The van der Waals surface area contributed by atoms with Gasteiger partial charge in [0.05, 0.1) is 0 Å². The van der Waals surface area contributed by atoms with Crippen molar-refractivity contribution in [3.8, 4) is 0 Å². The standard InChI is InChI=1S/C7H12N2O2/c8-7(6(10)9-11)4-2-1-3-5-7/h1-5,8H2. The van der Waals surface area contributed by atoms with E-state index in [1.165, 1.54) is 0 Å². The summed E-state index contributed by atoms with van der Waals surface area (Å²) in [5.74, 6) is -0.683. The number of rotatable bonds is 1. The van der Waals surface area contributed by atoms with Crippen molar-refractivity contribution in [3.05, 3.63) is 4.91 Å². The molecule has 1 amide bonds. The van der Waals surface area contributed by atoms with Crippen LogP contribution in [-0.4, -0.2) is 11.4 Å². The zero-order valence-corrected chi connectivity index (χ0v) is 6.38. The average molecular weight is 156 g/mol. The Hall–Kier alpha value is -0.770. The van der Waals surface area contributed by atoms with Gasteiger partial charge in [-0.1, -0.05) is 19.3 Å². The van der Waals surface area contributed by atoms with Crippen molar-refractivity contribution in [2.75, 3.05) is 0 Å². The number of hydrogen-bond acceptors (Lipinski definition) is 3. The number of nitrogens with zero attached hydrogens (tertiary/aromatic N) is 1. The van der Waals surface area contributed by atoms with Crippen molar-refractivity contribution >= 4 is 5.91 Å². The van der Waals surface area contributed by atoms with E-state index >= 15 is 0 Å². The molecule has 0 heterocycles. The molecule has 62 valence electrons. The van der Waals surface area contributed by atoms with Crippen LogP contribution in [-0.2, 0) is 4.79 Å². The summed E-state index contributed by atoms with van der Waals surface area (Å²) >= 11 is 0. The molecule has 0 spiro atoms. The molecule has 4 nitrogen and oxygen atoms in total. The van der Waals surface area contributed by atoms with Crippen LogP contribution in [0, 0.1) is 4.91 Å². The minimum atomic E-state index is -0.931. The number of amides is 1. The van der Waals surface area contributed by atoms with E-state index in [1.54, 1.807) is 0 Å². The molecular formula is C7H12N2O2. The maximum absolute atomic E-state index is 10.9. The largest absolute Gasteiger partial charge is 0.317 e. The Kier molecular flexibility index (Phi) is 2.34. The third kappa shape index (κ3) is 1.63. The summed E-state index contributed by atoms with van der Waals surface area (Å²) in [6.45, 7) is 0. The van der Waals surface area contributed by atoms with Gasteiger partial charge in [-0.2, -0.15) is 0 Å². The number of carbonyl (C=O) groups is 1. The second-order valence-electron chi connectivity index (χ2n) is 3.11. The minimum absolute atomic E-state index is 0.609. The van der Waals surface area contributed by atoms with Crippen LogP contribution in [0.25, 0.3) is 0 Å². The normalized spacial score (nSPS) is 22.6. The lowest BCUT2D eigenvalue weighted by atomic mass is 9.82. The molecule has 0 unspecified atom stereocenters. The molecule has 0 aliphatic heterocycles. The lowest BCUT2D eigenvalue weighted by molar-refractivity contribution is -0.124. The highest BCUT2D eigenvalue weighted by atomic mass is 16.3. The molecular weight excluding hydrogens is 144 g/mol. The maximum Gasteiger partial charge on any atom is 0.305 e. The third-order valence-corrected chi connectivity index (χ3v) is 2.25. The summed E-state index contributed by atoms with van der Waals surface area (Å²) in [5, 5.41) is 2.37. The maximum atomic E-state index is 10.9. The Morgan fingerprint density at radius 1 is 1.27 bits per heavy atom. The van der Waals surface area contributed by atoms with Gasteiger partial charge < -0.3 is 5.73 Å². The molecule has 0 saturated heterocycles. The van der Waals surface area contributed by atoms with E-state index < -0.39 is 11.4 Å². The van der Waals surface area contributed by atoms with Crippen molar-refractivity contribution in [2.45, 2.75) is 37.6 Å². The Labute approximate surface area is 65.1 Å². The Bertz CT molecular complexity index is 173. The van der Waals surface area contributed by atoms with Crippen LogP contribution in [0.15, 0.2) is 5.18 Å². The molecule has 1 saturated carbocycles. The molecule has 11 heavy (non-hydrogen) atoms. The summed E-state index contributed by atoms with van der Waals surface area (Å²) in [4.78, 5) is 20.8. The van der Waals surface area contributed by atoms with Gasteiger partial charge in [-0.15, -0.1) is 4.91 Å². The summed E-state index contributed by atoms with van der Waals surface area (Å²) in [5.41, 5.74) is 4.74. The van der Waals surface area contributed by atoms with E-state index in [9.17, 15) is 9.70 Å². The molecule has 0 aromatic carbocycles. The molecule has 4 heteroatoms. The van der Waals surface area contributed by atoms with Crippen LogP contribution in [0.5, 0.6) is 0 Å². The number of hydrogen-bond donors (Lipinski definition) is 1. The van der Waals surface area contributed by atoms with E-state index in [1.807, 2.05) is 0 Å². The van der Waals surface area contributed by atoms with E-state index in [0.29, 0.717) is 12.8 Å². The molecule has 1 rings (SSSR count). The Morgan fingerprint density at radius 3 is 2.27 bits per heavy atom. The molecule has 0 aromatic rings. The highest BCUT2D eigenvalue weighted by molar-refractivity contribution is 5.86. The predicted molar refractivity (Wildman–Crippen MR) is 40.8 cm³/mol. The van der Waals surface area contributed by atoms with Gasteiger partial charge in [0.1, 0.15) is 5.54 Å². The third-order valence-electron chi connectivity index (χ3n) is 2.25. The molecule has 1 aliphatic carbocycles. The fourth-order valence-corrected chi connectivity index (χ4v) is 1.49. The first-order chi connectivity index (χ1) is 5.19. The summed E-state index contributed by atoms with van der Waals surface area (Å²) < 4.78 is 0. The second-order valence-corrected chi connectivity index (χ2v) is 3.11. The minimum Gasteiger partial charge on any atom is -0.317 e. The van der Waals surface area contributed by atoms with Crippen molar-refractivity contribution in [1.29, 1.82) is 0 Å². The van der Waals surface area contributed by atoms with Crippen molar-refractivity contribution in [1.82, 2.24) is 0 Å². The average Bonchev–Trinajstić information content (AvgIpc) is 2.04. The van der Waals surface area contributed by atoms with E-state index in [-0.39, 0.29) is 0 Å². The highest BCUT2D eigenvalue weighted by Crippen LogP contribution is 2.26. The van der Waals surface area contributed by atoms with Gasteiger partial charge in [-0.3, -0.25) is 4.79 Å². The zero-order chi connectivity index (χ0) is 8.32. The van der Waals surface area contributed by atoms with Crippen LogP contribution in [0.1, 0.15) is 32.1 Å². The van der Waals surface area contributed by atoms with Gasteiger partial charge in [-0.05, 0) is 12.8 Å². The lowest BCUT2D eigenvalue weighted by Crippen LogP contribution is -2.48. The summed E-state index contributed by atoms with van der Waals surface area (Å²) in [6, 6.07) is 0. The van der Waals surface area contributed by atoms with E-state index in [0.717, 1.165) is 19.3 Å². The molecule has 0 radical (unpaired) electrons. The molecule has 0 atom stereocenters. The molecule has 0 aromatic heterocycles. The first-order valence-electron chi connectivity index (χ1n) is 3.86. The SMILES string of the molecule is NC1(C(=O)N=O)CCCCC1. The first kappa shape index (κ1) is 8.33. The van der Waals surface area contributed by atoms with Gasteiger partial charge in [0.15, 0.2) is 0 Å². The van der Waals surface area contributed by atoms with Gasteiger partial charge in [0, 0.05) is 5.18 Å². The van der Waals surface area contributed by atoms with E-state index in [2.05, 4.69) is 5.18 Å². The quantitative estimate of drug-likeness (QED) is 0.574. The lowest BCUT2D eigenvalue weighted by Gasteiger charge is -2.28. The number of nitrogens with two attached hydrogens (primary N) is 1. The van der Waals surface area contributed by atoms with Crippen molar-refractivity contribution in [3.63, 3.8) is 0 Å². The zero-order valence-electron chi connectivity index (χ0n) is 6.38. The van der Waals surface area contributed by atoms with Crippen LogP contribution in [0.4, 0.5) is 0 Å². The second kappa shape index (κ2) is 3.09. The van der Waals surface area contributed by atoms with Gasteiger partial charge >= 0.3 is 5.91 Å². The summed E-state index contributed by atoms with van der Waals surface area (Å²) in [6.07, 6.45) is 4.18. The van der Waals surface area contributed by atoms with Gasteiger partial charge in [-0.25, -0.2) is 0 Å². The monoisotopic (exact) mass is 156 g/mol. The molecule has 0 bridgehead atoms. The molecule has 1 fully saturated rings. The topological polar surface area (TPSA) is 72.5 Å². The van der Waals surface area contributed by atoms with Crippen molar-refractivity contribution < 1.29 is 4.79 Å². The van der Waals surface area contributed by atoms with Crippen LogP contribution in [0.2, 0.25) is 0 Å².